The van der Waals surface area contributed by atoms with E-state index in [0.717, 1.165) is 12.3 Å². The Labute approximate surface area is 55.4 Å². The van der Waals surface area contributed by atoms with E-state index in [0.29, 0.717) is 0 Å². The third-order valence-electron chi connectivity index (χ3n) is 1.87. The van der Waals surface area contributed by atoms with Gasteiger partial charge in [0, 0.05) is 5.92 Å². The molecule has 9 heavy (non-hydrogen) atoms. The van der Waals surface area contributed by atoms with Crippen LogP contribution >= 0.6 is 0 Å². The number of rotatable bonds is 3. The number of hydrogen-bond acceptors (Lipinski definition) is 1. The molecule has 1 unspecified atom stereocenters. The van der Waals surface area contributed by atoms with Crippen LogP contribution in [0.3, 0.4) is 0 Å². The number of carbonyl (C=O) groups excluding carboxylic acids is 1. The zero-order valence-electron chi connectivity index (χ0n) is 5.76. The third kappa shape index (κ3) is 2.04. The van der Waals surface area contributed by atoms with E-state index in [2.05, 4.69) is 0 Å². The monoisotopic (exact) mass is 127 g/mol. The van der Waals surface area contributed by atoms with Crippen molar-refractivity contribution in [3.05, 3.63) is 0 Å². The van der Waals surface area contributed by atoms with E-state index in [1.165, 1.54) is 12.8 Å². The van der Waals surface area contributed by atoms with Crippen LogP contribution in [0.2, 0.25) is 0 Å². The second kappa shape index (κ2) is 2.38. The molecule has 0 aromatic rings. The maximum atomic E-state index is 10.5. The van der Waals surface area contributed by atoms with Crippen LogP contribution < -0.4 is 5.73 Å². The van der Waals surface area contributed by atoms with E-state index < -0.39 is 0 Å². The highest BCUT2D eigenvalue weighted by Gasteiger charge is 2.25. The molecular formula is C7H13NO. The van der Waals surface area contributed by atoms with Crippen LogP contribution in [0.15, 0.2) is 0 Å². The van der Waals surface area contributed by atoms with Gasteiger partial charge in [0.2, 0.25) is 5.91 Å². The first kappa shape index (κ1) is 6.59. The Hall–Kier alpha value is -0.530. The van der Waals surface area contributed by atoms with E-state index >= 15 is 0 Å². The van der Waals surface area contributed by atoms with Crippen molar-refractivity contribution >= 4 is 5.91 Å². The molecule has 2 nitrogen and oxygen atoms in total. The Morgan fingerprint density at radius 1 is 1.78 bits per heavy atom. The minimum atomic E-state index is -0.151. The number of primary amides is 1. The van der Waals surface area contributed by atoms with Crippen LogP contribution in [0.5, 0.6) is 0 Å². The summed E-state index contributed by atoms with van der Waals surface area (Å²) in [6, 6.07) is 0. The second-order valence-corrected chi connectivity index (χ2v) is 2.98. The molecule has 1 saturated carbocycles. The van der Waals surface area contributed by atoms with Gasteiger partial charge in [-0.1, -0.05) is 19.8 Å². The fourth-order valence-electron chi connectivity index (χ4n) is 0.970. The Balaban J connectivity index is 2.16. The number of amides is 1. The minimum Gasteiger partial charge on any atom is -0.369 e. The average Bonchev–Trinajstić information content (AvgIpc) is 2.50. The van der Waals surface area contributed by atoms with Crippen LogP contribution in [0.4, 0.5) is 0 Å². The SMILES string of the molecule is CC(CC1CC1)C(N)=O. The van der Waals surface area contributed by atoms with E-state index in [4.69, 9.17) is 5.73 Å². The smallest absolute Gasteiger partial charge is 0.220 e. The molecule has 0 aromatic heterocycles. The van der Waals surface area contributed by atoms with Crippen LogP contribution in [-0.2, 0) is 4.79 Å². The molecule has 1 amide bonds. The van der Waals surface area contributed by atoms with E-state index in [-0.39, 0.29) is 11.8 Å². The van der Waals surface area contributed by atoms with Crippen molar-refractivity contribution in [1.29, 1.82) is 0 Å². The van der Waals surface area contributed by atoms with Gasteiger partial charge in [0.05, 0.1) is 0 Å². The lowest BCUT2D eigenvalue weighted by Crippen LogP contribution is -2.20. The maximum Gasteiger partial charge on any atom is 0.220 e. The summed E-state index contributed by atoms with van der Waals surface area (Å²) < 4.78 is 0. The lowest BCUT2D eigenvalue weighted by molar-refractivity contribution is -0.121. The molecule has 0 aliphatic heterocycles. The van der Waals surface area contributed by atoms with Crippen LogP contribution in [0.25, 0.3) is 0 Å². The number of carbonyl (C=O) groups is 1. The van der Waals surface area contributed by atoms with Crippen LogP contribution in [-0.4, -0.2) is 5.91 Å². The van der Waals surface area contributed by atoms with Gasteiger partial charge in [-0.3, -0.25) is 4.79 Å². The average molecular weight is 127 g/mol. The highest BCUT2D eigenvalue weighted by atomic mass is 16.1. The van der Waals surface area contributed by atoms with E-state index in [1.54, 1.807) is 0 Å². The summed E-state index contributed by atoms with van der Waals surface area (Å²) in [5.74, 6) is 0.756. The van der Waals surface area contributed by atoms with Gasteiger partial charge in [-0.25, -0.2) is 0 Å². The zero-order chi connectivity index (χ0) is 6.85. The first-order chi connectivity index (χ1) is 4.20. The molecule has 1 fully saturated rings. The largest absolute Gasteiger partial charge is 0.369 e. The van der Waals surface area contributed by atoms with Crippen molar-refractivity contribution < 1.29 is 4.79 Å². The van der Waals surface area contributed by atoms with E-state index in [1.807, 2.05) is 6.92 Å². The van der Waals surface area contributed by atoms with Crippen LogP contribution in [0.1, 0.15) is 26.2 Å². The summed E-state index contributed by atoms with van der Waals surface area (Å²) in [6.07, 6.45) is 3.62. The summed E-state index contributed by atoms with van der Waals surface area (Å²) >= 11 is 0. The van der Waals surface area contributed by atoms with Crippen molar-refractivity contribution in [2.75, 3.05) is 0 Å². The third-order valence-corrected chi connectivity index (χ3v) is 1.87. The highest BCUT2D eigenvalue weighted by molar-refractivity contribution is 5.76. The molecule has 1 rings (SSSR count). The fourth-order valence-corrected chi connectivity index (χ4v) is 0.970. The molecule has 2 heteroatoms. The predicted molar refractivity (Wildman–Crippen MR) is 35.7 cm³/mol. The summed E-state index contributed by atoms with van der Waals surface area (Å²) in [5, 5.41) is 0. The second-order valence-electron chi connectivity index (χ2n) is 2.98. The fraction of sp³-hybridized carbons (Fsp3) is 0.857. The standard InChI is InChI=1S/C7H13NO/c1-5(7(8)9)4-6-2-3-6/h5-6H,2-4H2,1H3,(H2,8,9). The highest BCUT2D eigenvalue weighted by Crippen LogP contribution is 2.34. The van der Waals surface area contributed by atoms with Gasteiger partial charge >= 0.3 is 0 Å². The Morgan fingerprint density at radius 2 is 2.33 bits per heavy atom. The van der Waals surface area contributed by atoms with Crippen molar-refractivity contribution in [2.45, 2.75) is 26.2 Å². The van der Waals surface area contributed by atoms with Crippen molar-refractivity contribution in [3.63, 3.8) is 0 Å². The maximum absolute atomic E-state index is 10.5. The lowest BCUT2D eigenvalue weighted by atomic mass is 10.0. The molecule has 1 aliphatic carbocycles. The van der Waals surface area contributed by atoms with Gasteiger partial charge < -0.3 is 5.73 Å². The Morgan fingerprint density at radius 3 is 2.67 bits per heavy atom. The molecule has 1 atom stereocenters. The topological polar surface area (TPSA) is 43.1 Å². The molecule has 2 N–H and O–H groups in total. The summed E-state index contributed by atoms with van der Waals surface area (Å²) in [6.45, 7) is 1.90. The van der Waals surface area contributed by atoms with Gasteiger partial charge in [0.25, 0.3) is 0 Å². The van der Waals surface area contributed by atoms with E-state index in [9.17, 15) is 4.79 Å². The molecule has 0 bridgehead atoms. The van der Waals surface area contributed by atoms with Gasteiger partial charge in [-0.05, 0) is 12.3 Å². The Kier molecular flexibility index (Phi) is 1.74. The molecule has 0 radical (unpaired) electrons. The van der Waals surface area contributed by atoms with Crippen molar-refractivity contribution in [3.8, 4) is 0 Å². The predicted octanol–water partition coefficient (Wildman–Crippen LogP) is 0.908. The van der Waals surface area contributed by atoms with Gasteiger partial charge in [-0.2, -0.15) is 0 Å². The minimum absolute atomic E-state index is 0.0949. The normalized spacial score (nSPS) is 21.4. The van der Waals surface area contributed by atoms with Crippen LogP contribution in [0, 0.1) is 11.8 Å². The number of hydrogen-bond donors (Lipinski definition) is 1. The summed E-state index contributed by atoms with van der Waals surface area (Å²) in [5.41, 5.74) is 5.07. The molecule has 0 aromatic carbocycles. The van der Waals surface area contributed by atoms with Gasteiger partial charge in [-0.15, -0.1) is 0 Å². The summed E-state index contributed by atoms with van der Waals surface area (Å²) in [4.78, 5) is 10.5. The van der Waals surface area contributed by atoms with Gasteiger partial charge in [0.1, 0.15) is 0 Å². The quantitative estimate of drug-likeness (QED) is 0.601. The molecule has 52 valence electrons. The van der Waals surface area contributed by atoms with Crippen molar-refractivity contribution in [1.82, 2.24) is 0 Å². The molecule has 0 heterocycles. The molecular weight excluding hydrogens is 114 g/mol. The molecule has 0 saturated heterocycles. The zero-order valence-corrected chi connectivity index (χ0v) is 5.76. The molecule has 0 spiro atoms. The van der Waals surface area contributed by atoms with Gasteiger partial charge in [0.15, 0.2) is 0 Å². The van der Waals surface area contributed by atoms with Crippen molar-refractivity contribution in [2.24, 2.45) is 17.6 Å². The first-order valence-electron chi connectivity index (χ1n) is 3.49. The number of nitrogens with two attached hydrogens (primary N) is 1. The molecule has 1 aliphatic rings. The Bertz CT molecular complexity index is 118. The summed E-state index contributed by atoms with van der Waals surface area (Å²) in [7, 11) is 0. The lowest BCUT2D eigenvalue weighted by Gasteiger charge is -2.02. The first-order valence-corrected chi connectivity index (χ1v) is 3.49.